The van der Waals surface area contributed by atoms with Gasteiger partial charge in [0.2, 0.25) is 0 Å². The van der Waals surface area contributed by atoms with Crippen LogP contribution < -0.4 is 0 Å². The molecule has 1 aromatic carbocycles. The van der Waals surface area contributed by atoms with Gasteiger partial charge in [0.1, 0.15) is 5.69 Å². The van der Waals surface area contributed by atoms with Crippen LogP contribution in [0.15, 0.2) is 30.3 Å². The van der Waals surface area contributed by atoms with Crippen molar-refractivity contribution in [2.24, 2.45) is 5.92 Å². The fourth-order valence-corrected chi connectivity index (χ4v) is 2.83. The number of halogens is 1. The molecule has 3 nitrogen and oxygen atoms in total. The molecular formula is C17H19ClN2O. The molecule has 0 saturated heterocycles. The number of aromatic nitrogens is 1. The van der Waals surface area contributed by atoms with E-state index in [2.05, 4.69) is 11.9 Å². The molecule has 0 aliphatic heterocycles. The van der Waals surface area contributed by atoms with Gasteiger partial charge in [-0.2, -0.15) is 0 Å². The third-order valence-electron chi connectivity index (χ3n) is 3.84. The van der Waals surface area contributed by atoms with Gasteiger partial charge in [-0.1, -0.05) is 36.7 Å². The van der Waals surface area contributed by atoms with E-state index in [1.165, 1.54) is 12.8 Å². The van der Waals surface area contributed by atoms with Gasteiger partial charge in [-0.25, -0.2) is 4.98 Å². The molecular weight excluding hydrogens is 284 g/mol. The van der Waals surface area contributed by atoms with Crippen LogP contribution in [0.25, 0.3) is 10.9 Å². The zero-order chi connectivity index (χ0) is 14.8. The van der Waals surface area contributed by atoms with E-state index < -0.39 is 0 Å². The third kappa shape index (κ3) is 3.18. The zero-order valence-electron chi connectivity index (χ0n) is 12.2. The summed E-state index contributed by atoms with van der Waals surface area (Å²) in [7, 11) is 0. The van der Waals surface area contributed by atoms with Gasteiger partial charge in [-0.05, 0) is 37.3 Å². The zero-order valence-corrected chi connectivity index (χ0v) is 12.9. The van der Waals surface area contributed by atoms with E-state index in [1.54, 1.807) is 6.07 Å². The first-order valence-corrected chi connectivity index (χ1v) is 7.91. The van der Waals surface area contributed by atoms with Gasteiger partial charge in [0, 0.05) is 18.5 Å². The maximum atomic E-state index is 12.7. The molecule has 1 aliphatic rings. The molecule has 4 heteroatoms. The summed E-state index contributed by atoms with van der Waals surface area (Å²) in [5, 5.41) is 1.48. The van der Waals surface area contributed by atoms with E-state index in [4.69, 9.17) is 11.6 Å². The van der Waals surface area contributed by atoms with Crippen molar-refractivity contribution in [1.82, 2.24) is 9.88 Å². The number of para-hydroxylation sites is 1. The van der Waals surface area contributed by atoms with E-state index >= 15 is 0 Å². The summed E-state index contributed by atoms with van der Waals surface area (Å²) in [6, 6.07) is 9.35. The second-order valence-corrected chi connectivity index (χ2v) is 6.11. The van der Waals surface area contributed by atoms with Crippen molar-refractivity contribution < 1.29 is 4.79 Å². The molecule has 0 spiro atoms. The van der Waals surface area contributed by atoms with Crippen LogP contribution in [-0.4, -0.2) is 28.9 Å². The first-order valence-electron chi connectivity index (χ1n) is 7.53. The topological polar surface area (TPSA) is 33.2 Å². The van der Waals surface area contributed by atoms with Crippen LogP contribution in [0.5, 0.6) is 0 Å². The van der Waals surface area contributed by atoms with E-state index in [9.17, 15) is 4.79 Å². The van der Waals surface area contributed by atoms with Crippen LogP contribution in [0.3, 0.4) is 0 Å². The summed E-state index contributed by atoms with van der Waals surface area (Å²) >= 11 is 6.30. The fourth-order valence-electron chi connectivity index (χ4n) is 2.56. The van der Waals surface area contributed by atoms with Crippen molar-refractivity contribution >= 4 is 28.4 Å². The molecule has 1 aliphatic carbocycles. The molecule has 110 valence electrons. The third-order valence-corrected chi connectivity index (χ3v) is 4.15. The summed E-state index contributed by atoms with van der Waals surface area (Å²) in [5.74, 6) is 0.674. The van der Waals surface area contributed by atoms with Gasteiger partial charge in [0.05, 0.1) is 10.5 Å². The summed E-state index contributed by atoms with van der Waals surface area (Å²) in [6.45, 7) is 3.72. The van der Waals surface area contributed by atoms with Crippen LogP contribution >= 0.6 is 11.6 Å². The minimum absolute atomic E-state index is 0.00333. The Balaban J connectivity index is 1.91. The number of hydrogen-bond donors (Lipinski definition) is 0. The molecule has 0 bridgehead atoms. The Morgan fingerprint density at radius 3 is 2.86 bits per heavy atom. The maximum Gasteiger partial charge on any atom is 0.272 e. The lowest BCUT2D eigenvalue weighted by Gasteiger charge is -2.21. The second-order valence-electron chi connectivity index (χ2n) is 5.70. The van der Waals surface area contributed by atoms with Crippen LogP contribution in [0.2, 0.25) is 5.02 Å². The summed E-state index contributed by atoms with van der Waals surface area (Å²) in [5.41, 5.74) is 1.23. The number of pyridine rings is 1. The van der Waals surface area contributed by atoms with Crippen molar-refractivity contribution in [1.29, 1.82) is 0 Å². The van der Waals surface area contributed by atoms with Crippen molar-refractivity contribution in [2.45, 2.75) is 26.2 Å². The predicted molar refractivity (Wildman–Crippen MR) is 85.7 cm³/mol. The fraction of sp³-hybridized carbons (Fsp3) is 0.412. The van der Waals surface area contributed by atoms with Gasteiger partial charge in [0.25, 0.3) is 5.91 Å². The van der Waals surface area contributed by atoms with Crippen LogP contribution in [0.4, 0.5) is 0 Å². The molecule has 1 amide bonds. The maximum absolute atomic E-state index is 12.7. The molecule has 0 radical (unpaired) electrons. The Morgan fingerprint density at radius 1 is 1.38 bits per heavy atom. The largest absolute Gasteiger partial charge is 0.337 e. The van der Waals surface area contributed by atoms with Gasteiger partial charge < -0.3 is 4.90 Å². The average Bonchev–Trinajstić information content (AvgIpc) is 3.30. The second kappa shape index (κ2) is 6.02. The Morgan fingerprint density at radius 2 is 2.14 bits per heavy atom. The Bertz CT molecular complexity index is 667. The summed E-state index contributed by atoms with van der Waals surface area (Å²) < 4.78 is 0. The van der Waals surface area contributed by atoms with Gasteiger partial charge in [0.15, 0.2) is 0 Å². The molecule has 1 aromatic heterocycles. The van der Waals surface area contributed by atoms with Crippen LogP contribution in [-0.2, 0) is 0 Å². The Kier molecular flexibility index (Phi) is 4.11. The molecule has 3 rings (SSSR count). The van der Waals surface area contributed by atoms with Crippen molar-refractivity contribution in [3.8, 4) is 0 Å². The standard InChI is InChI=1S/C17H19ClN2O/c1-2-9-20(11-12-7-8-12)17(21)16-10-14(18)13-5-3-4-6-15(13)19-16/h3-6,10,12H,2,7-9,11H2,1H3. The molecule has 1 heterocycles. The number of carbonyl (C=O) groups is 1. The highest BCUT2D eigenvalue weighted by atomic mass is 35.5. The van der Waals surface area contributed by atoms with Crippen molar-refractivity contribution in [2.75, 3.05) is 13.1 Å². The van der Waals surface area contributed by atoms with Gasteiger partial charge in [-0.15, -0.1) is 0 Å². The predicted octanol–water partition coefficient (Wildman–Crippen LogP) is 4.15. The number of fused-ring (bicyclic) bond motifs is 1. The number of hydrogen-bond acceptors (Lipinski definition) is 2. The monoisotopic (exact) mass is 302 g/mol. The number of nitrogens with zero attached hydrogens (tertiary/aromatic N) is 2. The Hall–Kier alpha value is -1.61. The summed E-state index contributed by atoms with van der Waals surface area (Å²) in [4.78, 5) is 19.1. The highest BCUT2D eigenvalue weighted by Gasteiger charge is 2.27. The molecule has 0 N–H and O–H groups in total. The minimum atomic E-state index is -0.00333. The quantitative estimate of drug-likeness (QED) is 0.831. The van der Waals surface area contributed by atoms with E-state index in [0.717, 1.165) is 30.4 Å². The average molecular weight is 303 g/mol. The first kappa shape index (κ1) is 14.3. The number of benzene rings is 1. The normalized spacial score (nSPS) is 14.4. The number of rotatable bonds is 5. The molecule has 1 fully saturated rings. The summed E-state index contributed by atoms with van der Waals surface area (Å²) in [6.07, 6.45) is 3.43. The SMILES string of the molecule is CCCN(CC1CC1)C(=O)c1cc(Cl)c2ccccc2n1. The van der Waals surface area contributed by atoms with E-state index in [-0.39, 0.29) is 5.91 Å². The molecule has 21 heavy (non-hydrogen) atoms. The van der Waals surface area contributed by atoms with E-state index in [0.29, 0.717) is 16.6 Å². The highest BCUT2D eigenvalue weighted by Crippen LogP contribution is 2.30. The van der Waals surface area contributed by atoms with Crippen LogP contribution in [0, 0.1) is 5.92 Å². The lowest BCUT2D eigenvalue weighted by molar-refractivity contribution is 0.0742. The number of amides is 1. The lowest BCUT2D eigenvalue weighted by atomic mass is 10.2. The smallest absolute Gasteiger partial charge is 0.272 e. The van der Waals surface area contributed by atoms with Crippen LogP contribution in [0.1, 0.15) is 36.7 Å². The Labute approximate surface area is 129 Å². The van der Waals surface area contributed by atoms with Crippen molar-refractivity contribution in [3.05, 3.63) is 41.0 Å². The van der Waals surface area contributed by atoms with Gasteiger partial charge >= 0.3 is 0 Å². The molecule has 0 atom stereocenters. The molecule has 0 unspecified atom stereocenters. The highest BCUT2D eigenvalue weighted by molar-refractivity contribution is 6.35. The van der Waals surface area contributed by atoms with Crippen molar-refractivity contribution in [3.63, 3.8) is 0 Å². The molecule has 1 saturated carbocycles. The number of carbonyl (C=O) groups excluding carboxylic acids is 1. The first-order chi connectivity index (χ1) is 10.2. The lowest BCUT2D eigenvalue weighted by Crippen LogP contribution is -2.34. The minimum Gasteiger partial charge on any atom is -0.337 e. The molecule has 2 aromatic rings. The van der Waals surface area contributed by atoms with E-state index in [1.807, 2.05) is 29.2 Å². The van der Waals surface area contributed by atoms with Gasteiger partial charge in [-0.3, -0.25) is 4.79 Å².